The van der Waals surface area contributed by atoms with Crippen molar-refractivity contribution in [3.05, 3.63) is 69.8 Å². The first-order chi connectivity index (χ1) is 9.88. The summed E-state index contributed by atoms with van der Waals surface area (Å²) < 4.78 is 0. The first-order valence-electron chi connectivity index (χ1n) is 7.79. The average Bonchev–Trinajstić information content (AvgIpc) is 2.41. The van der Waals surface area contributed by atoms with Crippen LogP contribution in [0.15, 0.2) is 36.4 Å². The van der Waals surface area contributed by atoms with Crippen molar-refractivity contribution in [2.24, 2.45) is 0 Å². The van der Waals surface area contributed by atoms with Gasteiger partial charge in [-0.3, -0.25) is 0 Å². The van der Waals surface area contributed by atoms with Crippen LogP contribution < -0.4 is 5.32 Å². The molecule has 2 aromatic carbocycles. The summed E-state index contributed by atoms with van der Waals surface area (Å²) in [6.07, 6.45) is 0. The molecule has 0 saturated heterocycles. The van der Waals surface area contributed by atoms with Gasteiger partial charge in [-0.25, -0.2) is 0 Å². The van der Waals surface area contributed by atoms with Gasteiger partial charge in [0.1, 0.15) is 0 Å². The molecule has 0 fully saturated rings. The zero-order valence-electron chi connectivity index (χ0n) is 14.1. The third-order valence-corrected chi connectivity index (χ3v) is 4.29. The molecule has 0 saturated carbocycles. The maximum Gasteiger partial charge on any atom is 0.0300 e. The number of nitrogens with one attached hydrogen (secondary N) is 1. The van der Waals surface area contributed by atoms with Crippen LogP contribution in [0.3, 0.4) is 0 Å². The SMILES string of the molecule is Cc1ccc(C(C)NC(C)c2cc(C)ccc2C)c(C)c1. The predicted octanol–water partition coefficient (Wildman–Crippen LogP) is 5.33. The standard InChI is InChI=1S/C20H27N/c1-13-8-10-19(16(4)11-13)17(5)21-18(6)20-12-14(2)7-9-15(20)3/h7-12,17-18,21H,1-6H3. The Bertz CT molecular complexity index is 628. The van der Waals surface area contributed by atoms with Gasteiger partial charge < -0.3 is 5.32 Å². The smallest absolute Gasteiger partial charge is 0.0300 e. The zero-order valence-corrected chi connectivity index (χ0v) is 14.1. The van der Waals surface area contributed by atoms with Gasteiger partial charge >= 0.3 is 0 Å². The van der Waals surface area contributed by atoms with Crippen LogP contribution in [-0.2, 0) is 0 Å². The van der Waals surface area contributed by atoms with Gasteiger partial charge in [0.15, 0.2) is 0 Å². The highest BCUT2D eigenvalue weighted by molar-refractivity contribution is 5.35. The van der Waals surface area contributed by atoms with Gasteiger partial charge in [-0.05, 0) is 63.8 Å². The Kier molecular flexibility index (Phi) is 4.84. The van der Waals surface area contributed by atoms with Gasteiger partial charge in [-0.15, -0.1) is 0 Å². The summed E-state index contributed by atoms with van der Waals surface area (Å²) in [6, 6.07) is 14.1. The third kappa shape index (κ3) is 3.74. The van der Waals surface area contributed by atoms with E-state index in [-0.39, 0.29) is 0 Å². The molecule has 0 aromatic heterocycles. The minimum atomic E-state index is 0.348. The second-order valence-electron chi connectivity index (χ2n) is 6.33. The van der Waals surface area contributed by atoms with Crippen molar-refractivity contribution in [3.63, 3.8) is 0 Å². The maximum absolute atomic E-state index is 3.74. The summed E-state index contributed by atoms with van der Waals surface area (Å²) in [7, 11) is 0. The van der Waals surface area contributed by atoms with Gasteiger partial charge in [-0.1, -0.05) is 47.5 Å². The van der Waals surface area contributed by atoms with Crippen LogP contribution in [0.5, 0.6) is 0 Å². The second kappa shape index (κ2) is 6.44. The summed E-state index contributed by atoms with van der Waals surface area (Å²) in [6.45, 7) is 13.2. The Hall–Kier alpha value is -1.60. The van der Waals surface area contributed by atoms with Crippen LogP contribution in [0.4, 0.5) is 0 Å². The lowest BCUT2D eigenvalue weighted by molar-refractivity contribution is 0.491. The van der Waals surface area contributed by atoms with E-state index in [2.05, 4.69) is 83.3 Å². The van der Waals surface area contributed by atoms with Crippen molar-refractivity contribution in [2.45, 2.75) is 53.6 Å². The molecule has 2 aromatic rings. The molecule has 2 rings (SSSR count). The summed E-state index contributed by atoms with van der Waals surface area (Å²) in [5.74, 6) is 0. The molecule has 0 bridgehead atoms. The van der Waals surface area contributed by atoms with Crippen molar-refractivity contribution >= 4 is 0 Å². The number of hydrogen-bond donors (Lipinski definition) is 1. The molecule has 1 nitrogen and oxygen atoms in total. The van der Waals surface area contributed by atoms with E-state index in [1.165, 1.54) is 33.4 Å². The van der Waals surface area contributed by atoms with Crippen LogP contribution in [0, 0.1) is 27.7 Å². The minimum absolute atomic E-state index is 0.348. The van der Waals surface area contributed by atoms with Crippen LogP contribution in [-0.4, -0.2) is 0 Å². The quantitative estimate of drug-likeness (QED) is 0.798. The lowest BCUT2D eigenvalue weighted by atomic mass is 9.96. The van der Waals surface area contributed by atoms with Crippen LogP contribution >= 0.6 is 0 Å². The van der Waals surface area contributed by atoms with E-state index in [9.17, 15) is 0 Å². The number of aryl methyl sites for hydroxylation is 4. The molecular weight excluding hydrogens is 254 g/mol. The highest BCUT2D eigenvalue weighted by atomic mass is 14.9. The number of benzene rings is 2. The summed E-state index contributed by atoms with van der Waals surface area (Å²) >= 11 is 0. The third-order valence-electron chi connectivity index (χ3n) is 4.29. The monoisotopic (exact) mass is 281 g/mol. The van der Waals surface area contributed by atoms with Crippen LogP contribution in [0.2, 0.25) is 0 Å². The van der Waals surface area contributed by atoms with E-state index >= 15 is 0 Å². The van der Waals surface area contributed by atoms with Gasteiger partial charge in [0, 0.05) is 12.1 Å². The minimum Gasteiger partial charge on any atom is -0.304 e. The van der Waals surface area contributed by atoms with Crippen molar-refractivity contribution in [3.8, 4) is 0 Å². The van der Waals surface area contributed by atoms with E-state index in [1.807, 2.05) is 0 Å². The lowest BCUT2D eigenvalue weighted by Crippen LogP contribution is -2.23. The molecule has 2 unspecified atom stereocenters. The molecule has 21 heavy (non-hydrogen) atoms. The van der Waals surface area contributed by atoms with E-state index < -0.39 is 0 Å². The Labute approximate surface area is 129 Å². The highest BCUT2D eigenvalue weighted by Gasteiger charge is 2.14. The molecule has 0 aliphatic heterocycles. The maximum atomic E-state index is 3.74. The molecule has 0 radical (unpaired) electrons. The number of rotatable bonds is 4. The lowest BCUT2D eigenvalue weighted by Gasteiger charge is -2.24. The Balaban J connectivity index is 2.18. The van der Waals surface area contributed by atoms with E-state index in [4.69, 9.17) is 0 Å². The molecule has 2 atom stereocenters. The zero-order chi connectivity index (χ0) is 15.6. The first-order valence-corrected chi connectivity index (χ1v) is 7.79. The van der Waals surface area contributed by atoms with Crippen molar-refractivity contribution in [1.82, 2.24) is 5.32 Å². The van der Waals surface area contributed by atoms with E-state index in [0.717, 1.165) is 0 Å². The largest absolute Gasteiger partial charge is 0.304 e. The fourth-order valence-corrected chi connectivity index (χ4v) is 3.09. The van der Waals surface area contributed by atoms with Crippen molar-refractivity contribution in [1.29, 1.82) is 0 Å². The Morgan fingerprint density at radius 2 is 1.24 bits per heavy atom. The molecule has 112 valence electrons. The van der Waals surface area contributed by atoms with E-state index in [1.54, 1.807) is 0 Å². The van der Waals surface area contributed by atoms with E-state index in [0.29, 0.717) is 12.1 Å². The Morgan fingerprint density at radius 3 is 1.90 bits per heavy atom. The van der Waals surface area contributed by atoms with Crippen molar-refractivity contribution < 1.29 is 0 Å². The topological polar surface area (TPSA) is 12.0 Å². The van der Waals surface area contributed by atoms with Gasteiger partial charge in [0.25, 0.3) is 0 Å². The molecule has 1 N–H and O–H groups in total. The normalized spacial score (nSPS) is 14.0. The molecular formula is C20H27N. The highest BCUT2D eigenvalue weighted by Crippen LogP contribution is 2.24. The van der Waals surface area contributed by atoms with Gasteiger partial charge in [0.05, 0.1) is 0 Å². The Morgan fingerprint density at radius 1 is 0.667 bits per heavy atom. The summed E-state index contributed by atoms with van der Waals surface area (Å²) in [5.41, 5.74) is 8.15. The fourth-order valence-electron chi connectivity index (χ4n) is 3.09. The number of hydrogen-bond acceptors (Lipinski definition) is 1. The summed E-state index contributed by atoms with van der Waals surface area (Å²) in [5, 5.41) is 3.74. The molecule has 1 heteroatoms. The first kappa shape index (κ1) is 15.8. The second-order valence-corrected chi connectivity index (χ2v) is 6.33. The average molecular weight is 281 g/mol. The summed E-state index contributed by atoms with van der Waals surface area (Å²) in [4.78, 5) is 0. The predicted molar refractivity (Wildman–Crippen MR) is 91.8 cm³/mol. The molecule has 0 aliphatic rings. The fraction of sp³-hybridized carbons (Fsp3) is 0.400. The molecule has 0 heterocycles. The molecule has 0 aliphatic carbocycles. The molecule has 0 amide bonds. The van der Waals surface area contributed by atoms with Gasteiger partial charge in [0.2, 0.25) is 0 Å². The molecule has 0 spiro atoms. The van der Waals surface area contributed by atoms with Crippen LogP contribution in [0.25, 0.3) is 0 Å². The van der Waals surface area contributed by atoms with Crippen LogP contribution in [0.1, 0.15) is 59.3 Å². The van der Waals surface area contributed by atoms with Gasteiger partial charge in [-0.2, -0.15) is 0 Å². The van der Waals surface area contributed by atoms with Crippen molar-refractivity contribution in [2.75, 3.05) is 0 Å².